The highest BCUT2D eigenvalue weighted by Gasteiger charge is 2.37. The molecule has 2 heterocycles. The Hall–Kier alpha value is -3.72. The van der Waals surface area contributed by atoms with E-state index in [9.17, 15) is 18.0 Å². The Bertz CT molecular complexity index is 1480. The monoisotopic (exact) mass is 518 g/mol. The quantitative estimate of drug-likeness (QED) is 0.465. The van der Waals surface area contributed by atoms with E-state index in [2.05, 4.69) is 26.8 Å². The van der Waals surface area contributed by atoms with Crippen molar-refractivity contribution >= 4 is 21.5 Å². The van der Waals surface area contributed by atoms with Crippen molar-refractivity contribution in [3.8, 4) is 0 Å². The number of aromatic nitrogens is 3. The second kappa shape index (κ2) is 10.3. The summed E-state index contributed by atoms with van der Waals surface area (Å²) in [5.41, 5.74) is 4.34. The summed E-state index contributed by atoms with van der Waals surface area (Å²) in [6.45, 7) is 11.5. The number of hydrogen-bond donors (Lipinski definition) is 1. The van der Waals surface area contributed by atoms with Crippen LogP contribution in [0.1, 0.15) is 81.4 Å². The van der Waals surface area contributed by atoms with Gasteiger partial charge in [0.15, 0.2) is 15.6 Å². The molecule has 2 unspecified atom stereocenters. The zero-order chi connectivity index (χ0) is 26.9. The minimum Gasteiger partial charge on any atom is -0.347 e. The number of carbonyl (C=O) groups is 2. The predicted octanol–water partition coefficient (Wildman–Crippen LogP) is 4.24. The molecule has 0 fully saturated rings. The van der Waals surface area contributed by atoms with Crippen LogP contribution in [-0.2, 0) is 16.4 Å². The Kier molecular flexibility index (Phi) is 7.36. The molecule has 1 aliphatic rings. The van der Waals surface area contributed by atoms with Crippen LogP contribution in [0.4, 0.5) is 0 Å². The minimum absolute atomic E-state index is 0.0276. The van der Waals surface area contributed by atoms with Gasteiger partial charge in [0.05, 0.1) is 28.0 Å². The first-order valence-corrected chi connectivity index (χ1v) is 13.8. The van der Waals surface area contributed by atoms with Gasteiger partial charge in [0, 0.05) is 23.7 Å². The van der Waals surface area contributed by atoms with Gasteiger partial charge in [0.25, 0.3) is 5.91 Å². The van der Waals surface area contributed by atoms with Crippen molar-refractivity contribution in [2.24, 2.45) is 0 Å². The summed E-state index contributed by atoms with van der Waals surface area (Å²) >= 11 is 0. The Balaban J connectivity index is 1.56. The maximum Gasteiger partial charge on any atom is 0.270 e. The molecule has 0 spiro atoms. The molecule has 2 atom stereocenters. The van der Waals surface area contributed by atoms with Gasteiger partial charge in [-0.2, -0.15) is 0 Å². The number of carbonyl (C=O) groups excluding carboxylic acids is 2. The van der Waals surface area contributed by atoms with E-state index in [1.165, 1.54) is 12.1 Å². The van der Waals surface area contributed by atoms with E-state index in [4.69, 9.17) is 0 Å². The third-order valence-corrected chi connectivity index (χ3v) is 8.34. The molecule has 1 aliphatic carbocycles. The number of aryl methyl sites for hydroxylation is 2. The Labute approximate surface area is 217 Å². The van der Waals surface area contributed by atoms with E-state index in [1.54, 1.807) is 31.2 Å². The number of allylic oxidation sites excluding steroid dienone is 1. The topological polar surface area (TPSA) is 119 Å². The van der Waals surface area contributed by atoms with E-state index in [0.717, 1.165) is 16.8 Å². The van der Waals surface area contributed by atoms with Crippen LogP contribution in [0.5, 0.6) is 0 Å². The highest BCUT2D eigenvalue weighted by Crippen LogP contribution is 2.41. The molecule has 0 radical (unpaired) electrons. The molecule has 8 nitrogen and oxygen atoms in total. The van der Waals surface area contributed by atoms with Crippen molar-refractivity contribution in [2.45, 2.75) is 57.4 Å². The van der Waals surface area contributed by atoms with E-state index >= 15 is 0 Å². The van der Waals surface area contributed by atoms with Crippen LogP contribution in [0.3, 0.4) is 0 Å². The van der Waals surface area contributed by atoms with Crippen molar-refractivity contribution < 1.29 is 18.0 Å². The number of nitrogens with one attached hydrogen (secondary N) is 1. The fourth-order valence-electron chi connectivity index (χ4n) is 4.59. The van der Waals surface area contributed by atoms with Crippen LogP contribution in [0.25, 0.3) is 0 Å². The molecule has 0 aliphatic heterocycles. The van der Waals surface area contributed by atoms with Crippen LogP contribution in [0.15, 0.2) is 59.5 Å². The lowest BCUT2D eigenvalue weighted by Gasteiger charge is -2.30. The summed E-state index contributed by atoms with van der Waals surface area (Å²) in [5.74, 6) is -0.450. The zero-order valence-electron chi connectivity index (χ0n) is 21.4. The van der Waals surface area contributed by atoms with Gasteiger partial charge in [0.2, 0.25) is 0 Å². The summed E-state index contributed by atoms with van der Waals surface area (Å²) < 4.78 is 24.0. The van der Waals surface area contributed by atoms with Gasteiger partial charge in [-0.3, -0.25) is 9.59 Å². The number of amides is 1. The van der Waals surface area contributed by atoms with Gasteiger partial charge in [0.1, 0.15) is 11.5 Å². The zero-order valence-corrected chi connectivity index (χ0v) is 22.2. The molecule has 9 heteroatoms. The van der Waals surface area contributed by atoms with E-state index in [1.807, 2.05) is 26.8 Å². The average molecular weight is 519 g/mol. The van der Waals surface area contributed by atoms with Crippen LogP contribution >= 0.6 is 0 Å². The lowest BCUT2D eigenvalue weighted by Crippen LogP contribution is -2.29. The summed E-state index contributed by atoms with van der Waals surface area (Å²) in [6, 6.07) is 11.5. The number of hydrogen-bond acceptors (Lipinski definition) is 7. The smallest absolute Gasteiger partial charge is 0.270 e. The number of benzene rings is 1. The summed E-state index contributed by atoms with van der Waals surface area (Å²) in [4.78, 5) is 40.0. The second-order valence-corrected chi connectivity index (χ2v) is 11.7. The number of sulfone groups is 1. The van der Waals surface area contributed by atoms with Crippen LogP contribution in [-0.4, -0.2) is 40.8 Å². The van der Waals surface area contributed by atoms with Crippen molar-refractivity contribution in [3.05, 3.63) is 94.3 Å². The SMILES string of the molecule is C=C(C)C1CC(c2cc(C)nc(C)n2)C(=O)c2ccc(C(=O)NCc3ccc(S(=O)(=O)CC)cc3)nc21. The van der Waals surface area contributed by atoms with Gasteiger partial charge in [-0.1, -0.05) is 31.2 Å². The van der Waals surface area contributed by atoms with Crippen LogP contribution in [0.2, 0.25) is 0 Å². The Morgan fingerprint density at radius 2 is 1.78 bits per heavy atom. The molecule has 3 aromatic rings. The van der Waals surface area contributed by atoms with E-state index < -0.39 is 15.8 Å². The molecule has 192 valence electrons. The van der Waals surface area contributed by atoms with Crippen molar-refractivity contribution in [3.63, 3.8) is 0 Å². The third kappa shape index (κ3) is 5.51. The Morgan fingerprint density at radius 1 is 1.08 bits per heavy atom. The first kappa shape index (κ1) is 26.3. The molecule has 37 heavy (non-hydrogen) atoms. The second-order valence-electron chi connectivity index (χ2n) is 9.39. The van der Waals surface area contributed by atoms with E-state index in [-0.39, 0.29) is 40.5 Å². The molecule has 1 amide bonds. The largest absolute Gasteiger partial charge is 0.347 e. The average Bonchev–Trinajstić information content (AvgIpc) is 2.86. The number of fused-ring (bicyclic) bond motifs is 1. The first-order valence-electron chi connectivity index (χ1n) is 12.1. The normalized spacial score (nSPS) is 17.2. The van der Waals surface area contributed by atoms with E-state index in [0.29, 0.717) is 29.2 Å². The molecule has 1 aromatic carbocycles. The highest BCUT2D eigenvalue weighted by atomic mass is 32.2. The molecule has 0 saturated carbocycles. The number of Topliss-reactive ketones (excluding diaryl/α,β-unsaturated/α-hetero) is 1. The number of ketones is 1. The molecule has 4 rings (SSSR count). The van der Waals surface area contributed by atoms with Gasteiger partial charge in [-0.05, 0) is 63.1 Å². The van der Waals surface area contributed by atoms with Crippen molar-refractivity contribution in [1.82, 2.24) is 20.3 Å². The Morgan fingerprint density at radius 3 is 2.41 bits per heavy atom. The lowest BCUT2D eigenvalue weighted by atomic mass is 9.74. The fraction of sp³-hybridized carbons (Fsp3) is 0.321. The molecule has 2 aromatic heterocycles. The highest BCUT2D eigenvalue weighted by molar-refractivity contribution is 7.91. The third-order valence-electron chi connectivity index (χ3n) is 6.59. The fourth-order valence-corrected chi connectivity index (χ4v) is 5.47. The van der Waals surface area contributed by atoms with Crippen molar-refractivity contribution in [1.29, 1.82) is 0 Å². The molecule has 1 N–H and O–H groups in total. The van der Waals surface area contributed by atoms with Gasteiger partial charge in [-0.25, -0.2) is 23.4 Å². The molecular formula is C28H30N4O4S. The predicted molar refractivity (Wildman–Crippen MR) is 140 cm³/mol. The summed E-state index contributed by atoms with van der Waals surface area (Å²) in [6.07, 6.45) is 0.474. The summed E-state index contributed by atoms with van der Waals surface area (Å²) in [5, 5.41) is 2.82. The van der Waals surface area contributed by atoms with Crippen molar-refractivity contribution in [2.75, 3.05) is 5.75 Å². The number of nitrogens with zero attached hydrogens (tertiary/aromatic N) is 3. The van der Waals surface area contributed by atoms with Crippen LogP contribution in [0, 0.1) is 13.8 Å². The maximum atomic E-state index is 13.4. The standard InChI is InChI=1S/C28H30N4O4S/c1-6-37(35,36)20-9-7-19(8-10-20)15-29-28(34)24-12-11-21-26(32-24)22(16(2)3)14-23(27(21)33)25-13-17(4)30-18(5)31-25/h7-13,22-23H,2,6,14-15H2,1,3-5H3,(H,29,34). The van der Waals surface area contributed by atoms with Gasteiger partial charge in [-0.15, -0.1) is 0 Å². The van der Waals surface area contributed by atoms with Gasteiger partial charge >= 0.3 is 0 Å². The molecule has 0 bridgehead atoms. The maximum absolute atomic E-state index is 13.4. The number of pyridine rings is 1. The molecular weight excluding hydrogens is 488 g/mol. The minimum atomic E-state index is -3.28. The summed E-state index contributed by atoms with van der Waals surface area (Å²) in [7, 11) is -3.28. The first-order chi connectivity index (χ1) is 17.5. The van der Waals surface area contributed by atoms with Crippen LogP contribution < -0.4 is 5.32 Å². The lowest BCUT2D eigenvalue weighted by molar-refractivity contribution is 0.0925. The van der Waals surface area contributed by atoms with Gasteiger partial charge < -0.3 is 5.32 Å². The molecule has 0 saturated heterocycles. The number of rotatable bonds is 7.